The third kappa shape index (κ3) is 2.56. The highest BCUT2D eigenvalue weighted by atomic mass is 32.1. The molecule has 1 rings (SSSR count). The van der Waals surface area contributed by atoms with Gasteiger partial charge in [0.15, 0.2) is 0 Å². The molecule has 3 nitrogen and oxygen atoms in total. The van der Waals surface area contributed by atoms with Gasteiger partial charge in [-0.1, -0.05) is 6.07 Å². The van der Waals surface area contributed by atoms with Gasteiger partial charge < -0.3 is 4.74 Å². The number of ether oxygens (including phenoxy) is 1. The lowest BCUT2D eigenvalue weighted by atomic mass is 10.1. The molecule has 1 unspecified atom stereocenters. The highest BCUT2D eigenvalue weighted by Gasteiger charge is 2.16. The summed E-state index contributed by atoms with van der Waals surface area (Å²) in [5.41, 5.74) is 0. The molecule has 1 aromatic heterocycles. The molecule has 0 saturated carbocycles. The van der Waals surface area contributed by atoms with Gasteiger partial charge in [-0.15, -0.1) is 11.3 Å². The van der Waals surface area contributed by atoms with E-state index in [4.69, 9.17) is 5.26 Å². The molecular weight excluding hydrogens is 186 g/mol. The van der Waals surface area contributed by atoms with Gasteiger partial charge in [0.05, 0.1) is 25.5 Å². The number of nitriles is 1. The SMILES string of the molecule is COC(=O)CC(C#N)c1cccs1. The highest BCUT2D eigenvalue weighted by Crippen LogP contribution is 2.23. The molecule has 0 radical (unpaired) electrons. The Morgan fingerprint density at radius 3 is 3.08 bits per heavy atom. The lowest BCUT2D eigenvalue weighted by Crippen LogP contribution is -2.05. The van der Waals surface area contributed by atoms with Crippen LogP contribution in [0.2, 0.25) is 0 Å². The van der Waals surface area contributed by atoms with Crippen LogP contribution < -0.4 is 0 Å². The molecule has 0 aromatic carbocycles. The van der Waals surface area contributed by atoms with E-state index in [1.165, 1.54) is 18.4 Å². The lowest BCUT2D eigenvalue weighted by Gasteiger charge is -2.03. The van der Waals surface area contributed by atoms with Crippen molar-refractivity contribution < 1.29 is 9.53 Å². The summed E-state index contributed by atoms with van der Waals surface area (Å²) in [5, 5.41) is 10.7. The minimum atomic E-state index is -0.368. The molecule has 0 saturated heterocycles. The van der Waals surface area contributed by atoms with Crippen LogP contribution in [0.5, 0.6) is 0 Å². The maximum absolute atomic E-state index is 10.9. The third-order valence-electron chi connectivity index (χ3n) is 1.64. The summed E-state index contributed by atoms with van der Waals surface area (Å²) in [6.07, 6.45) is 0.132. The van der Waals surface area contributed by atoms with Crippen LogP contribution >= 0.6 is 11.3 Å². The molecule has 0 spiro atoms. The summed E-state index contributed by atoms with van der Waals surface area (Å²) in [7, 11) is 1.32. The smallest absolute Gasteiger partial charge is 0.307 e. The lowest BCUT2D eigenvalue weighted by molar-refractivity contribution is -0.140. The Hall–Kier alpha value is -1.34. The number of thiophene rings is 1. The standard InChI is InChI=1S/C9H9NO2S/c1-12-9(11)5-7(6-10)8-3-2-4-13-8/h2-4,7H,5H2,1H3. The second-order valence-electron chi connectivity index (χ2n) is 2.48. The summed E-state index contributed by atoms with van der Waals surface area (Å²) in [6, 6.07) is 5.79. The topological polar surface area (TPSA) is 50.1 Å². The van der Waals surface area contributed by atoms with E-state index in [0.717, 1.165) is 4.88 Å². The van der Waals surface area contributed by atoms with Gasteiger partial charge in [-0.25, -0.2) is 0 Å². The van der Waals surface area contributed by atoms with Gasteiger partial charge in [-0.05, 0) is 11.4 Å². The van der Waals surface area contributed by atoms with Crippen LogP contribution in [0.4, 0.5) is 0 Å². The fourth-order valence-corrected chi connectivity index (χ4v) is 1.72. The van der Waals surface area contributed by atoms with E-state index < -0.39 is 0 Å². The number of carbonyl (C=O) groups is 1. The summed E-state index contributed by atoms with van der Waals surface area (Å²) in [6.45, 7) is 0. The van der Waals surface area contributed by atoms with Crippen molar-refractivity contribution in [2.45, 2.75) is 12.3 Å². The first-order chi connectivity index (χ1) is 6.27. The van der Waals surface area contributed by atoms with Crippen molar-refractivity contribution in [1.82, 2.24) is 0 Å². The van der Waals surface area contributed by atoms with Gasteiger partial charge in [0.1, 0.15) is 0 Å². The van der Waals surface area contributed by atoms with Crippen molar-refractivity contribution in [3.63, 3.8) is 0 Å². The quantitative estimate of drug-likeness (QED) is 0.692. The average molecular weight is 195 g/mol. The molecule has 0 aliphatic heterocycles. The van der Waals surface area contributed by atoms with Crippen LogP contribution in [-0.4, -0.2) is 13.1 Å². The molecule has 0 N–H and O–H groups in total. The first-order valence-corrected chi connectivity index (χ1v) is 4.65. The fraction of sp³-hybridized carbons (Fsp3) is 0.333. The van der Waals surface area contributed by atoms with Crippen molar-refractivity contribution in [2.24, 2.45) is 0 Å². The van der Waals surface area contributed by atoms with Gasteiger partial charge in [-0.3, -0.25) is 4.79 Å². The summed E-state index contributed by atoms with van der Waals surface area (Å²) >= 11 is 1.48. The molecule has 0 aliphatic rings. The van der Waals surface area contributed by atoms with E-state index in [1.54, 1.807) is 0 Å². The molecule has 1 heterocycles. The summed E-state index contributed by atoms with van der Waals surface area (Å²) in [5.74, 6) is -0.715. The number of hydrogen-bond donors (Lipinski definition) is 0. The largest absolute Gasteiger partial charge is 0.469 e. The Balaban J connectivity index is 2.66. The first kappa shape index (κ1) is 9.75. The van der Waals surface area contributed by atoms with Crippen molar-refractivity contribution in [3.05, 3.63) is 22.4 Å². The van der Waals surface area contributed by atoms with Crippen LogP contribution in [0.1, 0.15) is 17.2 Å². The Morgan fingerprint density at radius 2 is 2.62 bits per heavy atom. The zero-order valence-electron chi connectivity index (χ0n) is 7.19. The van der Waals surface area contributed by atoms with Gasteiger partial charge >= 0.3 is 5.97 Å². The fourth-order valence-electron chi connectivity index (χ4n) is 0.949. The van der Waals surface area contributed by atoms with E-state index in [1.807, 2.05) is 17.5 Å². The molecule has 13 heavy (non-hydrogen) atoms. The maximum Gasteiger partial charge on any atom is 0.307 e. The normalized spacial score (nSPS) is 11.7. The van der Waals surface area contributed by atoms with Gasteiger partial charge in [0.25, 0.3) is 0 Å². The minimum Gasteiger partial charge on any atom is -0.469 e. The molecule has 0 bridgehead atoms. The molecule has 4 heteroatoms. The van der Waals surface area contributed by atoms with Crippen LogP contribution in [0, 0.1) is 11.3 Å². The van der Waals surface area contributed by atoms with Gasteiger partial charge in [0.2, 0.25) is 0 Å². The first-order valence-electron chi connectivity index (χ1n) is 3.77. The molecule has 1 atom stereocenters. The monoisotopic (exact) mass is 195 g/mol. The Kier molecular flexibility index (Phi) is 3.47. The average Bonchev–Trinajstić information content (AvgIpc) is 2.66. The van der Waals surface area contributed by atoms with Crippen LogP contribution in [0.25, 0.3) is 0 Å². The van der Waals surface area contributed by atoms with E-state index in [0.29, 0.717) is 0 Å². The number of nitrogens with zero attached hydrogens (tertiary/aromatic N) is 1. The van der Waals surface area contributed by atoms with Gasteiger partial charge in [-0.2, -0.15) is 5.26 Å². The summed E-state index contributed by atoms with van der Waals surface area (Å²) in [4.78, 5) is 11.8. The van der Waals surface area contributed by atoms with Gasteiger partial charge in [0, 0.05) is 4.88 Å². The van der Waals surface area contributed by atoms with E-state index in [9.17, 15) is 4.79 Å². The predicted molar refractivity (Wildman–Crippen MR) is 49.3 cm³/mol. The number of hydrogen-bond acceptors (Lipinski definition) is 4. The molecule has 0 amide bonds. The van der Waals surface area contributed by atoms with E-state index in [-0.39, 0.29) is 18.3 Å². The van der Waals surface area contributed by atoms with Crippen molar-refractivity contribution in [1.29, 1.82) is 5.26 Å². The van der Waals surface area contributed by atoms with E-state index >= 15 is 0 Å². The Morgan fingerprint density at radius 1 is 1.85 bits per heavy atom. The number of methoxy groups -OCH3 is 1. The number of esters is 1. The summed E-state index contributed by atoms with van der Waals surface area (Å²) < 4.78 is 4.50. The number of carbonyl (C=O) groups excluding carboxylic acids is 1. The zero-order valence-corrected chi connectivity index (χ0v) is 8.00. The Bertz CT molecular complexity index is 313. The third-order valence-corrected chi connectivity index (χ3v) is 2.63. The predicted octanol–water partition coefficient (Wildman–Crippen LogP) is 1.92. The van der Waals surface area contributed by atoms with Crippen molar-refractivity contribution in [3.8, 4) is 6.07 Å². The number of rotatable bonds is 3. The molecule has 0 fully saturated rings. The van der Waals surface area contributed by atoms with Crippen LogP contribution in [0.15, 0.2) is 17.5 Å². The van der Waals surface area contributed by atoms with Crippen LogP contribution in [0.3, 0.4) is 0 Å². The minimum absolute atomic E-state index is 0.132. The molecule has 1 aromatic rings. The molecule has 0 aliphatic carbocycles. The molecular formula is C9H9NO2S. The van der Waals surface area contributed by atoms with Crippen molar-refractivity contribution in [2.75, 3.05) is 7.11 Å². The highest BCUT2D eigenvalue weighted by molar-refractivity contribution is 7.10. The maximum atomic E-state index is 10.9. The zero-order chi connectivity index (χ0) is 9.68. The second kappa shape index (κ2) is 4.63. The van der Waals surface area contributed by atoms with E-state index in [2.05, 4.69) is 10.8 Å². The molecule has 68 valence electrons. The Labute approximate surface area is 80.6 Å². The second-order valence-corrected chi connectivity index (χ2v) is 3.46. The van der Waals surface area contributed by atoms with Crippen molar-refractivity contribution >= 4 is 17.3 Å². The van der Waals surface area contributed by atoms with Crippen LogP contribution in [-0.2, 0) is 9.53 Å².